The molecule has 16 heavy (non-hydrogen) atoms. The van der Waals surface area contributed by atoms with E-state index in [0.717, 1.165) is 0 Å². The van der Waals surface area contributed by atoms with Crippen LogP contribution in [0.4, 0.5) is 4.39 Å². The molecular formula is C12H11FN2O. The average molecular weight is 218 g/mol. The number of hydrogen-bond acceptors (Lipinski definition) is 2. The van der Waals surface area contributed by atoms with E-state index in [1.54, 1.807) is 23.0 Å². The monoisotopic (exact) mass is 218 g/mol. The molecule has 1 aromatic carbocycles. The van der Waals surface area contributed by atoms with Crippen molar-refractivity contribution in [2.24, 2.45) is 0 Å². The molecule has 0 radical (unpaired) electrons. The van der Waals surface area contributed by atoms with Crippen LogP contribution in [0.1, 0.15) is 22.8 Å². The van der Waals surface area contributed by atoms with Gasteiger partial charge in [-0.2, -0.15) is 5.10 Å². The van der Waals surface area contributed by atoms with E-state index < -0.39 is 5.82 Å². The van der Waals surface area contributed by atoms with Crippen LogP contribution in [0.2, 0.25) is 0 Å². The molecule has 0 fully saturated rings. The quantitative estimate of drug-likeness (QED) is 0.741. The summed E-state index contributed by atoms with van der Waals surface area (Å²) in [5.74, 6) is -0.838. The van der Waals surface area contributed by atoms with Crippen molar-refractivity contribution in [3.05, 3.63) is 53.6 Å². The highest BCUT2D eigenvalue weighted by atomic mass is 19.1. The van der Waals surface area contributed by atoms with Crippen LogP contribution >= 0.6 is 0 Å². The second-order valence-electron chi connectivity index (χ2n) is 3.39. The number of halogens is 1. The maximum atomic E-state index is 13.4. The van der Waals surface area contributed by atoms with E-state index in [9.17, 15) is 9.18 Å². The van der Waals surface area contributed by atoms with Gasteiger partial charge < -0.3 is 0 Å². The normalized spacial score (nSPS) is 10.4. The third-order valence-electron chi connectivity index (χ3n) is 2.34. The molecule has 82 valence electrons. The number of nitrogens with zero attached hydrogens (tertiary/aromatic N) is 2. The Morgan fingerprint density at radius 3 is 2.81 bits per heavy atom. The Morgan fingerprint density at radius 2 is 2.19 bits per heavy atom. The molecule has 1 heterocycles. The van der Waals surface area contributed by atoms with E-state index in [0.29, 0.717) is 12.1 Å². The van der Waals surface area contributed by atoms with Gasteiger partial charge in [-0.25, -0.2) is 4.39 Å². The van der Waals surface area contributed by atoms with Crippen LogP contribution in [0.15, 0.2) is 36.7 Å². The smallest absolute Gasteiger partial charge is 0.199 e. The van der Waals surface area contributed by atoms with Gasteiger partial charge in [0.15, 0.2) is 5.78 Å². The number of carbonyl (C=O) groups is 1. The molecule has 0 aliphatic carbocycles. The van der Waals surface area contributed by atoms with E-state index in [2.05, 4.69) is 5.10 Å². The van der Waals surface area contributed by atoms with Crippen LogP contribution in [-0.4, -0.2) is 15.6 Å². The minimum Gasteiger partial charge on any atom is -0.288 e. The summed E-state index contributed by atoms with van der Waals surface area (Å²) in [4.78, 5) is 11.9. The fourth-order valence-corrected chi connectivity index (χ4v) is 1.45. The molecule has 0 saturated carbocycles. The highest BCUT2D eigenvalue weighted by molar-refractivity contribution is 6.08. The second-order valence-corrected chi connectivity index (χ2v) is 3.39. The molecule has 0 amide bonds. The van der Waals surface area contributed by atoms with E-state index in [1.807, 2.05) is 6.92 Å². The summed E-state index contributed by atoms with van der Waals surface area (Å²) in [5.41, 5.74) is 0.491. The van der Waals surface area contributed by atoms with Crippen molar-refractivity contribution in [1.82, 2.24) is 9.78 Å². The van der Waals surface area contributed by atoms with Gasteiger partial charge in [0.05, 0.1) is 17.3 Å². The Kier molecular flexibility index (Phi) is 2.81. The lowest BCUT2D eigenvalue weighted by molar-refractivity contribution is 0.103. The second kappa shape index (κ2) is 4.26. The largest absolute Gasteiger partial charge is 0.288 e. The van der Waals surface area contributed by atoms with E-state index in [-0.39, 0.29) is 11.3 Å². The summed E-state index contributed by atoms with van der Waals surface area (Å²) in [5, 5.41) is 3.98. The third kappa shape index (κ3) is 1.86. The fourth-order valence-electron chi connectivity index (χ4n) is 1.45. The molecule has 0 spiro atoms. The summed E-state index contributed by atoms with van der Waals surface area (Å²) < 4.78 is 15.0. The van der Waals surface area contributed by atoms with Gasteiger partial charge in [-0.1, -0.05) is 12.1 Å². The highest BCUT2D eigenvalue weighted by Crippen LogP contribution is 2.12. The molecular weight excluding hydrogens is 207 g/mol. The molecule has 2 aromatic rings. The third-order valence-corrected chi connectivity index (χ3v) is 2.34. The molecule has 0 bridgehead atoms. The number of rotatable bonds is 3. The summed E-state index contributed by atoms with van der Waals surface area (Å²) in [7, 11) is 0. The number of aryl methyl sites for hydroxylation is 1. The standard InChI is InChI=1S/C12H11FN2O/c1-2-15-8-9(7-14-15)12(16)10-5-3-4-6-11(10)13/h3-8H,2H2,1H3. The van der Waals surface area contributed by atoms with Gasteiger partial charge in [-0.05, 0) is 19.1 Å². The van der Waals surface area contributed by atoms with Crippen molar-refractivity contribution >= 4 is 5.78 Å². The summed E-state index contributed by atoms with van der Waals surface area (Å²) in [6.45, 7) is 2.61. The Balaban J connectivity index is 2.35. The number of benzene rings is 1. The molecule has 0 aliphatic rings. The van der Waals surface area contributed by atoms with Crippen LogP contribution in [0.5, 0.6) is 0 Å². The molecule has 1 aromatic heterocycles. The van der Waals surface area contributed by atoms with Crippen molar-refractivity contribution in [2.45, 2.75) is 13.5 Å². The van der Waals surface area contributed by atoms with Crippen molar-refractivity contribution in [1.29, 1.82) is 0 Å². The maximum absolute atomic E-state index is 13.4. The molecule has 0 N–H and O–H groups in total. The lowest BCUT2D eigenvalue weighted by Crippen LogP contribution is -2.03. The molecule has 0 unspecified atom stereocenters. The number of hydrogen-bond donors (Lipinski definition) is 0. The number of aromatic nitrogens is 2. The zero-order valence-corrected chi connectivity index (χ0v) is 8.85. The van der Waals surface area contributed by atoms with E-state index in [4.69, 9.17) is 0 Å². The first-order valence-corrected chi connectivity index (χ1v) is 5.04. The predicted molar refractivity (Wildman–Crippen MR) is 57.7 cm³/mol. The SMILES string of the molecule is CCn1cc(C(=O)c2ccccc2F)cn1. The van der Waals surface area contributed by atoms with E-state index >= 15 is 0 Å². The molecule has 4 heteroatoms. The summed E-state index contributed by atoms with van der Waals surface area (Å²) in [6.07, 6.45) is 3.08. The van der Waals surface area contributed by atoms with Crippen molar-refractivity contribution < 1.29 is 9.18 Å². The van der Waals surface area contributed by atoms with E-state index in [1.165, 1.54) is 18.3 Å². The molecule has 3 nitrogen and oxygen atoms in total. The van der Waals surface area contributed by atoms with Gasteiger partial charge in [-0.15, -0.1) is 0 Å². The highest BCUT2D eigenvalue weighted by Gasteiger charge is 2.14. The summed E-state index contributed by atoms with van der Waals surface area (Å²) in [6, 6.07) is 5.95. The van der Waals surface area contributed by atoms with Gasteiger partial charge in [-0.3, -0.25) is 9.48 Å². The molecule has 0 atom stereocenters. The molecule has 2 rings (SSSR count). The Hall–Kier alpha value is -1.97. The lowest BCUT2D eigenvalue weighted by Gasteiger charge is -1.98. The van der Waals surface area contributed by atoms with Crippen LogP contribution in [0.3, 0.4) is 0 Å². The Bertz CT molecular complexity index is 519. The van der Waals surface area contributed by atoms with Crippen LogP contribution in [0, 0.1) is 5.82 Å². The van der Waals surface area contributed by atoms with Gasteiger partial charge in [0, 0.05) is 12.7 Å². The first-order chi connectivity index (χ1) is 7.72. The van der Waals surface area contributed by atoms with Crippen LogP contribution in [-0.2, 0) is 6.54 Å². The van der Waals surface area contributed by atoms with Crippen molar-refractivity contribution in [3.63, 3.8) is 0 Å². The molecule has 0 saturated heterocycles. The van der Waals surface area contributed by atoms with Crippen LogP contribution < -0.4 is 0 Å². The van der Waals surface area contributed by atoms with Gasteiger partial charge in [0.25, 0.3) is 0 Å². The summed E-state index contributed by atoms with van der Waals surface area (Å²) >= 11 is 0. The predicted octanol–water partition coefficient (Wildman–Crippen LogP) is 2.27. The first kappa shape index (κ1) is 10.5. The minimum atomic E-state index is -0.503. The van der Waals surface area contributed by atoms with Gasteiger partial charge >= 0.3 is 0 Å². The number of carbonyl (C=O) groups excluding carboxylic acids is 1. The van der Waals surface area contributed by atoms with Crippen molar-refractivity contribution in [3.8, 4) is 0 Å². The Labute approximate surface area is 92.5 Å². The van der Waals surface area contributed by atoms with Gasteiger partial charge in [0.1, 0.15) is 5.82 Å². The first-order valence-electron chi connectivity index (χ1n) is 5.04. The van der Waals surface area contributed by atoms with Crippen LogP contribution in [0.25, 0.3) is 0 Å². The Morgan fingerprint density at radius 1 is 1.44 bits per heavy atom. The number of ketones is 1. The topological polar surface area (TPSA) is 34.9 Å². The zero-order valence-electron chi connectivity index (χ0n) is 8.85. The fraction of sp³-hybridized carbons (Fsp3) is 0.167. The van der Waals surface area contributed by atoms with Crippen molar-refractivity contribution in [2.75, 3.05) is 0 Å². The zero-order chi connectivity index (χ0) is 11.5. The molecule has 0 aliphatic heterocycles. The maximum Gasteiger partial charge on any atom is 0.199 e. The lowest BCUT2D eigenvalue weighted by atomic mass is 10.1. The average Bonchev–Trinajstić information content (AvgIpc) is 2.77. The minimum absolute atomic E-state index is 0.0816. The van der Waals surface area contributed by atoms with Gasteiger partial charge in [0.2, 0.25) is 0 Å².